The molecule has 2 heterocycles. The molecule has 1 N–H and O–H groups in total. The summed E-state index contributed by atoms with van der Waals surface area (Å²) in [6.07, 6.45) is 12.3. The van der Waals surface area contributed by atoms with E-state index in [9.17, 15) is 0 Å². The number of rotatable bonds is 1. The minimum absolute atomic E-state index is 0.325. The van der Waals surface area contributed by atoms with Crippen molar-refractivity contribution in [3.8, 4) is 0 Å². The van der Waals surface area contributed by atoms with Gasteiger partial charge in [0.15, 0.2) is 0 Å². The monoisotopic (exact) mass is 261 g/mol. The Morgan fingerprint density at radius 3 is 3.10 bits per heavy atom. The molecule has 3 aliphatic rings. The number of hydrazone groups is 1. The van der Waals surface area contributed by atoms with Crippen LogP contribution in [0.25, 0.3) is 5.57 Å². The first-order chi connectivity index (χ1) is 9.93. The van der Waals surface area contributed by atoms with Gasteiger partial charge in [-0.05, 0) is 36.6 Å². The lowest BCUT2D eigenvalue weighted by atomic mass is 9.83. The van der Waals surface area contributed by atoms with Crippen molar-refractivity contribution in [2.45, 2.75) is 12.8 Å². The van der Waals surface area contributed by atoms with Crippen LogP contribution in [0.15, 0.2) is 70.6 Å². The average molecular weight is 261 g/mol. The first-order valence-corrected chi connectivity index (χ1v) is 6.98. The SMILES string of the molecule is C1=CNN=C(C2CCC=C3N=c4ccccc4=C32)C=C1. The molecule has 0 amide bonds. The fraction of sp³-hybridized carbons (Fsp3) is 0.176. The number of benzene rings is 1. The van der Waals surface area contributed by atoms with Gasteiger partial charge in [0.1, 0.15) is 0 Å². The molecule has 0 saturated carbocycles. The third-order valence-corrected chi connectivity index (χ3v) is 3.95. The van der Waals surface area contributed by atoms with Crippen molar-refractivity contribution in [3.05, 3.63) is 71.0 Å². The Bertz CT molecular complexity index is 794. The van der Waals surface area contributed by atoms with Crippen molar-refractivity contribution in [3.63, 3.8) is 0 Å². The molecule has 0 fully saturated rings. The molecule has 2 aliphatic heterocycles. The van der Waals surface area contributed by atoms with E-state index in [1.807, 2.05) is 24.4 Å². The van der Waals surface area contributed by atoms with E-state index in [4.69, 9.17) is 4.99 Å². The Morgan fingerprint density at radius 2 is 2.10 bits per heavy atom. The Kier molecular flexibility index (Phi) is 2.62. The molecular weight excluding hydrogens is 246 g/mol. The highest BCUT2D eigenvalue weighted by Gasteiger charge is 2.28. The van der Waals surface area contributed by atoms with Gasteiger partial charge in [-0.2, -0.15) is 5.10 Å². The van der Waals surface area contributed by atoms with E-state index >= 15 is 0 Å². The van der Waals surface area contributed by atoms with E-state index in [0.29, 0.717) is 5.92 Å². The number of nitrogens with zero attached hydrogens (tertiary/aromatic N) is 2. The average Bonchev–Trinajstić information content (AvgIpc) is 2.68. The van der Waals surface area contributed by atoms with Gasteiger partial charge in [-0.3, -0.25) is 5.43 Å². The summed E-state index contributed by atoms with van der Waals surface area (Å²) >= 11 is 0. The van der Waals surface area contributed by atoms with E-state index in [-0.39, 0.29) is 0 Å². The van der Waals surface area contributed by atoms with Gasteiger partial charge < -0.3 is 0 Å². The lowest BCUT2D eigenvalue weighted by molar-refractivity contribution is 0.738. The van der Waals surface area contributed by atoms with Crippen molar-refractivity contribution in [1.82, 2.24) is 5.43 Å². The highest BCUT2D eigenvalue weighted by Crippen LogP contribution is 2.33. The summed E-state index contributed by atoms with van der Waals surface area (Å²) < 4.78 is 0. The lowest BCUT2D eigenvalue weighted by Crippen LogP contribution is -2.28. The lowest BCUT2D eigenvalue weighted by Gasteiger charge is -2.22. The van der Waals surface area contributed by atoms with E-state index in [2.05, 4.69) is 40.9 Å². The zero-order valence-electron chi connectivity index (χ0n) is 11.1. The molecule has 98 valence electrons. The van der Waals surface area contributed by atoms with Crippen LogP contribution < -0.4 is 16.0 Å². The second-order valence-corrected chi connectivity index (χ2v) is 5.15. The summed E-state index contributed by atoms with van der Waals surface area (Å²) in [6, 6.07) is 8.38. The van der Waals surface area contributed by atoms with Gasteiger partial charge in [-0.15, -0.1) is 0 Å². The maximum Gasteiger partial charge on any atom is 0.0713 e. The van der Waals surface area contributed by atoms with Crippen LogP contribution in [0.5, 0.6) is 0 Å². The number of hydrogen-bond donors (Lipinski definition) is 1. The first-order valence-electron chi connectivity index (χ1n) is 6.98. The van der Waals surface area contributed by atoms with Crippen LogP contribution in [0.2, 0.25) is 0 Å². The van der Waals surface area contributed by atoms with Gasteiger partial charge in [0.2, 0.25) is 0 Å². The maximum atomic E-state index is 4.75. The summed E-state index contributed by atoms with van der Waals surface area (Å²) in [4.78, 5) is 4.75. The highest BCUT2D eigenvalue weighted by molar-refractivity contribution is 6.04. The first kappa shape index (κ1) is 11.4. The molecule has 4 rings (SSSR count). The van der Waals surface area contributed by atoms with Gasteiger partial charge in [0.25, 0.3) is 0 Å². The molecule has 1 unspecified atom stereocenters. The molecule has 1 aromatic carbocycles. The van der Waals surface area contributed by atoms with Crippen LogP contribution in [0.3, 0.4) is 0 Å². The molecule has 0 spiro atoms. The molecule has 3 nitrogen and oxygen atoms in total. The van der Waals surface area contributed by atoms with E-state index in [0.717, 1.165) is 29.6 Å². The van der Waals surface area contributed by atoms with Crippen LogP contribution >= 0.6 is 0 Å². The summed E-state index contributed by atoms with van der Waals surface area (Å²) in [5, 5.41) is 6.83. The fourth-order valence-electron chi connectivity index (χ4n) is 3.07. The molecule has 0 saturated heterocycles. The van der Waals surface area contributed by atoms with Crippen LogP contribution in [-0.2, 0) is 0 Å². The third-order valence-electron chi connectivity index (χ3n) is 3.95. The number of nitrogens with one attached hydrogen (secondary N) is 1. The van der Waals surface area contributed by atoms with Gasteiger partial charge in [-0.1, -0.05) is 30.4 Å². The zero-order chi connectivity index (χ0) is 13.4. The Balaban J connectivity index is 1.90. The molecule has 0 radical (unpaired) electrons. The number of allylic oxidation sites excluding steroid dienone is 5. The van der Waals surface area contributed by atoms with Crippen molar-refractivity contribution in [1.29, 1.82) is 0 Å². The molecule has 1 aliphatic carbocycles. The van der Waals surface area contributed by atoms with E-state index in [1.54, 1.807) is 0 Å². The largest absolute Gasteiger partial charge is 0.286 e. The van der Waals surface area contributed by atoms with Gasteiger partial charge in [0, 0.05) is 17.3 Å². The molecule has 3 heteroatoms. The molecule has 1 aromatic rings. The third kappa shape index (κ3) is 1.74. The predicted octanol–water partition coefficient (Wildman–Crippen LogP) is 1.79. The molecule has 20 heavy (non-hydrogen) atoms. The van der Waals surface area contributed by atoms with Gasteiger partial charge in [0.05, 0.1) is 16.8 Å². The van der Waals surface area contributed by atoms with Crippen LogP contribution in [0, 0.1) is 5.92 Å². The Hall–Kier alpha value is -2.42. The zero-order valence-corrected chi connectivity index (χ0v) is 11.1. The van der Waals surface area contributed by atoms with Crippen molar-refractivity contribution < 1.29 is 0 Å². The van der Waals surface area contributed by atoms with Crippen LogP contribution in [-0.4, -0.2) is 5.71 Å². The van der Waals surface area contributed by atoms with E-state index in [1.165, 1.54) is 10.8 Å². The minimum Gasteiger partial charge on any atom is -0.286 e. The topological polar surface area (TPSA) is 36.8 Å². The summed E-state index contributed by atoms with van der Waals surface area (Å²) in [5.41, 5.74) is 6.53. The Labute approximate surface area is 117 Å². The minimum atomic E-state index is 0.325. The standard InChI is InChI=1S/C17H15N3/c1-2-8-14-12(6-1)17-13(7-5-10-16(17)19-14)15-9-3-4-11-18-20-15/h1-4,6,8-11,13,18H,5,7H2. The van der Waals surface area contributed by atoms with E-state index < -0.39 is 0 Å². The Morgan fingerprint density at radius 1 is 1.15 bits per heavy atom. The van der Waals surface area contributed by atoms with Crippen molar-refractivity contribution >= 4 is 11.3 Å². The molecule has 1 atom stereocenters. The molecular formula is C17H15N3. The fourth-order valence-corrected chi connectivity index (χ4v) is 3.07. The van der Waals surface area contributed by atoms with Crippen molar-refractivity contribution in [2.75, 3.05) is 0 Å². The summed E-state index contributed by atoms with van der Waals surface area (Å²) in [6.45, 7) is 0. The maximum absolute atomic E-state index is 4.75. The second kappa shape index (κ2) is 4.60. The van der Waals surface area contributed by atoms with Crippen LogP contribution in [0.4, 0.5) is 0 Å². The predicted molar refractivity (Wildman–Crippen MR) is 80.3 cm³/mol. The quantitative estimate of drug-likeness (QED) is 0.822. The molecule has 0 aromatic heterocycles. The van der Waals surface area contributed by atoms with Gasteiger partial charge >= 0.3 is 0 Å². The number of hydrogen-bond acceptors (Lipinski definition) is 3. The smallest absolute Gasteiger partial charge is 0.0713 e. The van der Waals surface area contributed by atoms with Crippen molar-refractivity contribution in [2.24, 2.45) is 16.0 Å². The summed E-state index contributed by atoms with van der Waals surface area (Å²) in [5.74, 6) is 0.325. The van der Waals surface area contributed by atoms with Crippen LogP contribution in [0.1, 0.15) is 12.8 Å². The second-order valence-electron chi connectivity index (χ2n) is 5.15. The highest BCUT2D eigenvalue weighted by atomic mass is 15.3. The van der Waals surface area contributed by atoms with Gasteiger partial charge in [-0.25, -0.2) is 4.99 Å². The molecule has 0 bridgehead atoms. The normalized spacial score (nSPS) is 23.0. The number of para-hydroxylation sites is 1. The summed E-state index contributed by atoms with van der Waals surface area (Å²) in [7, 11) is 0. The number of fused-ring (bicyclic) bond motifs is 2.